The summed E-state index contributed by atoms with van der Waals surface area (Å²) < 4.78 is 3.86. The molecule has 0 atom stereocenters. The van der Waals surface area contributed by atoms with Crippen molar-refractivity contribution in [2.45, 2.75) is 33.4 Å². The van der Waals surface area contributed by atoms with E-state index in [1.54, 1.807) is 0 Å². The van der Waals surface area contributed by atoms with Gasteiger partial charge in [-0.1, -0.05) is 6.92 Å². The monoisotopic (exact) mass is 233 g/mol. The molecule has 0 fully saturated rings. The lowest BCUT2D eigenvalue weighted by Gasteiger charge is -2.05. The highest BCUT2D eigenvalue weighted by molar-refractivity contribution is 5.39. The maximum absolute atomic E-state index is 4.28. The minimum absolute atomic E-state index is 0.778. The van der Waals surface area contributed by atoms with Crippen LogP contribution in [0.15, 0.2) is 18.6 Å². The zero-order chi connectivity index (χ0) is 12.3. The van der Waals surface area contributed by atoms with Crippen molar-refractivity contribution in [1.82, 2.24) is 19.6 Å². The van der Waals surface area contributed by atoms with Crippen LogP contribution in [0.5, 0.6) is 0 Å². The summed E-state index contributed by atoms with van der Waals surface area (Å²) in [6, 6.07) is 0. The summed E-state index contributed by atoms with van der Waals surface area (Å²) >= 11 is 0. The molecule has 0 amide bonds. The first kappa shape index (κ1) is 11.7. The highest BCUT2D eigenvalue weighted by Gasteiger charge is 2.04. The number of hydrogen-bond acceptors (Lipinski definition) is 3. The van der Waals surface area contributed by atoms with Crippen LogP contribution in [0.3, 0.4) is 0 Å². The van der Waals surface area contributed by atoms with Crippen molar-refractivity contribution in [1.29, 1.82) is 0 Å². The van der Waals surface area contributed by atoms with Crippen molar-refractivity contribution in [3.8, 4) is 0 Å². The molecule has 0 unspecified atom stereocenters. The number of nitrogens with zero attached hydrogens (tertiary/aromatic N) is 4. The van der Waals surface area contributed by atoms with Gasteiger partial charge in [-0.15, -0.1) is 0 Å². The van der Waals surface area contributed by atoms with Crippen LogP contribution >= 0.6 is 0 Å². The summed E-state index contributed by atoms with van der Waals surface area (Å²) in [6.07, 6.45) is 6.88. The number of anilines is 1. The predicted molar refractivity (Wildman–Crippen MR) is 67.8 cm³/mol. The van der Waals surface area contributed by atoms with E-state index in [0.29, 0.717) is 0 Å². The number of hydrogen-bond donors (Lipinski definition) is 1. The molecule has 2 rings (SSSR count). The molecule has 2 heterocycles. The third-order valence-corrected chi connectivity index (χ3v) is 2.82. The molecule has 1 N–H and O–H groups in total. The summed E-state index contributed by atoms with van der Waals surface area (Å²) in [6.45, 7) is 5.96. The molecule has 0 aliphatic carbocycles. The molecule has 0 aliphatic heterocycles. The highest BCUT2D eigenvalue weighted by atomic mass is 15.3. The second kappa shape index (κ2) is 5.03. The predicted octanol–water partition coefficient (Wildman–Crippen LogP) is 1.95. The second-order valence-electron chi connectivity index (χ2n) is 4.24. The van der Waals surface area contributed by atoms with Crippen molar-refractivity contribution in [3.63, 3.8) is 0 Å². The Bertz CT molecular complexity index is 463. The minimum atomic E-state index is 0.778. The van der Waals surface area contributed by atoms with Crippen molar-refractivity contribution in [2.75, 3.05) is 5.32 Å². The van der Waals surface area contributed by atoms with Crippen LogP contribution in [-0.2, 0) is 20.1 Å². The molecular weight excluding hydrogens is 214 g/mol. The molecule has 0 spiro atoms. The van der Waals surface area contributed by atoms with Crippen LogP contribution in [0.1, 0.15) is 24.6 Å². The van der Waals surface area contributed by atoms with Gasteiger partial charge in [-0.05, 0) is 18.9 Å². The standard InChI is InChI=1S/C12H19N5/c1-4-5-17-9-11(7-15-17)13-8-12-10(2)6-14-16(12)3/h6-7,9,13H,4-5,8H2,1-3H3. The number of nitrogens with one attached hydrogen (secondary N) is 1. The fraction of sp³-hybridized carbons (Fsp3) is 0.500. The maximum Gasteiger partial charge on any atom is 0.0729 e. The van der Waals surface area contributed by atoms with E-state index in [1.807, 2.05) is 35.0 Å². The number of rotatable bonds is 5. The maximum atomic E-state index is 4.28. The van der Waals surface area contributed by atoms with Crippen molar-refractivity contribution in [3.05, 3.63) is 29.8 Å². The van der Waals surface area contributed by atoms with Gasteiger partial charge in [0.1, 0.15) is 0 Å². The first-order valence-electron chi connectivity index (χ1n) is 5.94. The van der Waals surface area contributed by atoms with Crippen LogP contribution in [-0.4, -0.2) is 19.6 Å². The largest absolute Gasteiger partial charge is 0.377 e. The molecular formula is C12H19N5. The summed E-state index contributed by atoms with van der Waals surface area (Å²) in [5.74, 6) is 0. The van der Waals surface area contributed by atoms with E-state index in [4.69, 9.17) is 0 Å². The normalized spacial score (nSPS) is 10.8. The van der Waals surface area contributed by atoms with Gasteiger partial charge in [-0.2, -0.15) is 10.2 Å². The molecule has 2 aromatic rings. The van der Waals surface area contributed by atoms with E-state index in [-0.39, 0.29) is 0 Å². The smallest absolute Gasteiger partial charge is 0.0729 e. The van der Waals surface area contributed by atoms with Crippen molar-refractivity contribution < 1.29 is 0 Å². The fourth-order valence-electron chi connectivity index (χ4n) is 1.82. The molecule has 0 saturated carbocycles. The van der Waals surface area contributed by atoms with E-state index in [0.717, 1.165) is 25.2 Å². The van der Waals surface area contributed by atoms with Gasteiger partial charge in [-0.25, -0.2) is 0 Å². The van der Waals surface area contributed by atoms with Crippen LogP contribution < -0.4 is 5.32 Å². The lowest BCUT2D eigenvalue weighted by Crippen LogP contribution is -2.06. The van der Waals surface area contributed by atoms with Gasteiger partial charge in [0.2, 0.25) is 0 Å². The Hall–Kier alpha value is -1.78. The number of aryl methyl sites for hydroxylation is 3. The molecule has 0 aliphatic rings. The van der Waals surface area contributed by atoms with Gasteiger partial charge in [0.05, 0.1) is 30.3 Å². The lowest BCUT2D eigenvalue weighted by molar-refractivity contribution is 0.603. The molecule has 5 nitrogen and oxygen atoms in total. The van der Waals surface area contributed by atoms with E-state index in [9.17, 15) is 0 Å². The van der Waals surface area contributed by atoms with Crippen LogP contribution in [0.4, 0.5) is 5.69 Å². The fourth-order valence-corrected chi connectivity index (χ4v) is 1.82. The average Bonchev–Trinajstić information content (AvgIpc) is 2.86. The van der Waals surface area contributed by atoms with E-state index in [2.05, 4.69) is 29.4 Å². The van der Waals surface area contributed by atoms with Gasteiger partial charge < -0.3 is 5.32 Å². The molecule has 0 bridgehead atoms. The van der Waals surface area contributed by atoms with Gasteiger partial charge in [0, 0.05) is 19.8 Å². The van der Waals surface area contributed by atoms with E-state index >= 15 is 0 Å². The quantitative estimate of drug-likeness (QED) is 0.858. The van der Waals surface area contributed by atoms with Gasteiger partial charge >= 0.3 is 0 Å². The Kier molecular flexibility index (Phi) is 3.46. The zero-order valence-electron chi connectivity index (χ0n) is 10.6. The Morgan fingerprint density at radius 2 is 2.12 bits per heavy atom. The van der Waals surface area contributed by atoms with E-state index in [1.165, 1.54) is 11.3 Å². The molecule has 2 aromatic heterocycles. The van der Waals surface area contributed by atoms with Crippen molar-refractivity contribution in [2.24, 2.45) is 7.05 Å². The summed E-state index contributed by atoms with van der Waals surface area (Å²) in [5.41, 5.74) is 3.47. The van der Waals surface area contributed by atoms with Crippen molar-refractivity contribution >= 4 is 5.69 Å². The topological polar surface area (TPSA) is 47.7 Å². The highest BCUT2D eigenvalue weighted by Crippen LogP contribution is 2.10. The van der Waals surface area contributed by atoms with E-state index < -0.39 is 0 Å². The Balaban J connectivity index is 1.97. The van der Waals surface area contributed by atoms with Gasteiger partial charge in [-0.3, -0.25) is 9.36 Å². The Morgan fingerprint density at radius 1 is 1.29 bits per heavy atom. The number of aromatic nitrogens is 4. The summed E-state index contributed by atoms with van der Waals surface area (Å²) in [5, 5.41) is 11.9. The minimum Gasteiger partial charge on any atom is -0.377 e. The molecule has 5 heteroatoms. The first-order valence-corrected chi connectivity index (χ1v) is 5.94. The zero-order valence-corrected chi connectivity index (χ0v) is 10.6. The van der Waals surface area contributed by atoms with Crippen LogP contribution in [0, 0.1) is 6.92 Å². The summed E-state index contributed by atoms with van der Waals surface area (Å²) in [4.78, 5) is 0. The van der Waals surface area contributed by atoms with Gasteiger partial charge in [0.15, 0.2) is 0 Å². The Morgan fingerprint density at radius 3 is 2.76 bits per heavy atom. The third-order valence-electron chi connectivity index (χ3n) is 2.82. The second-order valence-corrected chi connectivity index (χ2v) is 4.24. The molecule has 92 valence electrons. The molecule has 0 radical (unpaired) electrons. The molecule has 0 saturated heterocycles. The Labute approximate surface area is 101 Å². The lowest BCUT2D eigenvalue weighted by atomic mass is 10.3. The first-order chi connectivity index (χ1) is 8.20. The third kappa shape index (κ3) is 2.67. The van der Waals surface area contributed by atoms with Gasteiger partial charge in [0.25, 0.3) is 0 Å². The average molecular weight is 233 g/mol. The molecule has 0 aromatic carbocycles. The SMILES string of the molecule is CCCn1cc(NCc2c(C)cnn2C)cn1. The van der Waals surface area contributed by atoms with Crippen LogP contribution in [0.2, 0.25) is 0 Å². The summed E-state index contributed by atoms with van der Waals surface area (Å²) in [7, 11) is 1.96. The van der Waals surface area contributed by atoms with Crippen LogP contribution in [0.25, 0.3) is 0 Å². The molecule has 17 heavy (non-hydrogen) atoms.